The summed E-state index contributed by atoms with van der Waals surface area (Å²) in [5, 5.41) is 9.22. The SMILES string of the molecule is O=C(NCc1cccc(N2CCCC2=O)c1)c1csc(C2CCNCC2)n1. The van der Waals surface area contributed by atoms with Crippen molar-refractivity contribution in [3.63, 3.8) is 0 Å². The quantitative estimate of drug-likeness (QED) is 0.831. The molecule has 2 aromatic rings. The van der Waals surface area contributed by atoms with E-state index in [9.17, 15) is 9.59 Å². The van der Waals surface area contributed by atoms with Gasteiger partial charge in [-0.25, -0.2) is 4.98 Å². The summed E-state index contributed by atoms with van der Waals surface area (Å²) in [5.74, 6) is 0.491. The number of nitrogens with zero attached hydrogens (tertiary/aromatic N) is 2. The Balaban J connectivity index is 1.36. The lowest BCUT2D eigenvalue weighted by Gasteiger charge is -2.20. The van der Waals surface area contributed by atoms with Gasteiger partial charge in [-0.3, -0.25) is 9.59 Å². The molecule has 1 aromatic carbocycles. The number of anilines is 1. The highest BCUT2D eigenvalue weighted by Gasteiger charge is 2.22. The number of hydrogen-bond acceptors (Lipinski definition) is 5. The molecule has 0 bridgehead atoms. The molecular formula is C20H24N4O2S. The standard InChI is InChI=1S/C20H24N4O2S/c25-18-5-2-10-24(18)16-4-1-3-14(11-16)12-22-19(26)17-13-27-20(23-17)15-6-8-21-9-7-15/h1,3-4,11,13,15,21H,2,5-10,12H2,(H,22,26). The number of carbonyl (C=O) groups excluding carboxylic acids is 2. The van der Waals surface area contributed by atoms with Gasteiger partial charge in [-0.15, -0.1) is 11.3 Å². The zero-order valence-electron chi connectivity index (χ0n) is 15.2. The zero-order valence-corrected chi connectivity index (χ0v) is 16.1. The third-order valence-electron chi connectivity index (χ3n) is 5.19. The summed E-state index contributed by atoms with van der Waals surface area (Å²) in [6.45, 7) is 3.23. The van der Waals surface area contributed by atoms with E-state index in [4.69, 9.17) is 0 Å². The van der Waals surface area contributed by atoms with Crippen molar-refractivity contribution in [1.82, 2.24) is 15.6 Å². The Morgan fingerprint density at radius 2 is 2.19 bits per heavy atom. The summed E-state index contributed by atoms with van der Waals surface area (Å²) in [7, 11) is 0. The number of carbonyl (C=O) groups is 2. The lowest BCUT2D eigenvalue weighted by molar-refractivity contribution is -0.117. The van der Waals surface area contributed by atoms with Crippen LogP contribution < -0.4 is 15.5 Å². The van der Waals surface area contributed by atoms with E-state index < -0.39 is 0 Å². The number of benzene rings is 1. The summed E-state index contributed by atoms with van der Waals surface area (Å²) < 4.78 is 0. The maximum atomic E-state index is 12.5. The summed E-state index contributed by atoms with van der Waals surface area (Å²) in [4.78, 5) is 30.8. The molecule has 2 aliphatic heterocycles. The van der Waals surface area contributed by atoms with Gasteiger partial charge >= 0.3 is 0 Å². The first-order valence-corrected chi connectivity index (χ1v) is 10.4. The van der Waals surface area contributed by atoms with E-state index in [-0.39, 0.29) is 11.8 Å². The van der Waals surface area contributed by atoms with Crippen LogP contribution in [0.2, 0.25) is 0 Å². The van der Waals surface area contributed by atoms with Gasteiger partial charge in [0.2, 0.25) is 5.91 Å². The molecule has 3 heterocycles. The zero-order chi connectivity index (χ0) is 18.6. The van der Waals surface area contributed by atoms with E-state index in [1.807, 2.05) is 34.5 Å². The van der Waals surface area contributed by atoms with Crippen molar-refractivity contribution in [3.8, 4) is 0 Å². The van der Waals surface area contributed by atoms with Gasteiger partial charge in [0, 0.05) is 36.5 Å². The molecule has 7 heteroatoms. The Morgan fingerprint density at radius 3 is 2.96 bits per heavy atom. The average Bonchev–Trinajstić information content (AvgIpc) is 3.36. The molecule has 2 saturated heterocycles. The van der Waals surface area contributed by atoms with Crippen LogP contribution in [0.15, 0.2) is 29.6 Å². The van der Waals surface area contributed by atoms with Gasteiger partial charge in [-0.05, 0) is 50.0 Å². The predicted octanol–water partition coefficient (Wildman–Crippen LogP) is 2.67. The van der Waals surface area contributed by atoms with E-state index in [2.05, 4.69) is 15.6 Å². The monoisotopic (exact) mass is 384 g/mol. The molecule has 0 unspecified atom stereocenters. The van der Waals surface area contributed by atoms with Crippen LogP contribution in [0.25, 0.3) is 0 Å². The van der Waals surface area contributed by atoms with Gasteiger partial charge in [0.15, 0.2) is 0 Å². The summed E-state index contributed by atoms with van der Waals surface area (Å²) in [5.41, 5.74) is 2.39. The molecule has 2 aliphatic rings. The van der Waals surface area contributed by atoms with Crippen molar-refractivity contribution >= 4 is 28.8 Å². The molecular weight excluding hydrogens is 360 g/mol. The first kappa shape index (κ1) is 18.1. The van der Waals surface area contributed by atoms with E-state index in [0.29, 0.717) is 24.6 Å². The second kappa shape index (κ2) is 8.19. The second-order valence-electron chi connectivity index (χ2n) is 7.10. The number of hydrogen-bond donors (Lipinski definition) is 2. The largest absolute Gasteiger partial charge is 0.347 e. The van der Waals surface area contributed by atoms with Crippen molar-refractivity contribution in [1.29, 1.82) is 0 Å². The van der Waals surface area contributed by atoms with Gasteiger partial charge in [0.05, 0.1) is 5.01 Å². The Hall–Kier alpha value is -2.25. The third kappa shape index (κ3) is 4.20. The van der Waals surface area contributed by atoms with Crippen LogP contribution in [0, 0.1) is 0 Å². The molecule has 6 nitrogen and oxygen atoms in total. The first-order valence-electron chi connectivity index (χ1n) is 9.54. The van der Waals surface area contributed by atoms with Crippen molar-refractivity contribution in [2.75, 3.05) is 24.5 Å². The van der Waals surface area contributed by atoms with E-state index in [1.54, 1.807) is 11.3 Å². The van der Waals surface area contributed by atoms with E-state index in [0.717, 1.165) is 55.2 Å². The first-order chi connectivity index (χ1) is 13.2. The fraction of sp³-hybridized carbons (Fsp3) is 0.450. The molecule has 0 spiro atoms. The maximum absolute atomic E-state index is 12.5. The molecule has 2 amide bonds. The van der Waals surface area contributed by atoms with Crippen LogP contribution >= 0.6 is 11.3 Å². The fourth-order valence-corrected chi connectivity index (χ4v) is 4.65. The van der Waals surface area contributed by atoms with Crippen molar-refractivity contribution in [3.05, 3.63) is 45.9 Å². The van der Waals surface area contributed by atoms with Gasteiger partial charge < -0.3 is 15.5 Å². The molecule has 2 N–H and O–H groups in total. The van der Waals surface area contributed by atoms with Gasteiger partial charge in [0.25, 0.3) is 5.91 Å². The summed E-state index contributed by atoms with van der Waals surface area (Å²) in [6.07, 6.45) is 3.68. The highest BCUT2D eigenvalue weighted by atomic mass is 32.1. The Kier molecular flexibility index (Phi) is 5.50. The van der Waals surface area contributed by atoms with Crippen LogP contribution in [-0.4, -0.2) is 36.4 Å². The van der Waals surface area contributed by atoms with Crippen LogP contribution in [0.3, 0.4) is 0 Å². The van der Waals surface area contributed by atoms with Gasteiger partial charge in [0.1, 0.15) is 5.69 Å². The predicted molar refractivity (Wildman–Crippen MR) is 106 cm³/mol. The summed E-state index contributed by atoms with van der Waals surface area (Å²) in [6, 6.07) is 7.82. The summed E-state index contributed by atoms with van der Waals surface area (Å²) >= 11 is 1.58. The molecule has 0 saturated carbocycles. The van der Waals surface area contributed by atoms with Crippen molar-refractivity contribution < 1.29 is 9.59 Å². The third-order valence-corrected chi connectivity index (χ3v) is 6.20. The highest BCUT2D eigenvalue weighted by molar-refractivity contribution is 7.09. The van der Waals surface area contributed by atoms with Crippen molar-refractivity contribution in [2.45, 2.75) is 38.1 Å². The molecule has 2 fully saturated rings. The molecule has 142 valence electrons. The minimum atomic E-state index is -0.144. The minimum absolute atomic E-state index is 0.144. The number of aromatic nitrogens is 1. The second-order valence-corrected chi connectivity index (χ2v) is 7.99. The van der Waals surface area contributed by atoms with Crippen molar-refractivity contribution in [2.24, 2.45) is 0 Å². The topological polar surface area (TPSA) is 74.3 Å². The Bertz CT molecular complexity index is 829. The molecule has 4 rings (SSSR count). The number of rotatable bonds is 5. The van der Waals surface area contributed by atoms with Crippen LogP contribution in [-0.2, 0) is 11.3 Å². The minimum Gasteiger partial charge on any atom is -0.347 e. The van der Waals surface area contributed by atoms with Gasteiger partial charge in [-0.2, -0.15) is 0 Å². The maximum Gasteiger partial charge on any atom is 0.271 e. The van der Waals surface area contributed by atoms with Crippen LogP contribution in [0.4, 0.5) is 5.69 Å². The molecule has 0 aliphatic carbocycles. The smallest absolute Gasteiger partial charge is 0.271 e. The van der Waals surface area contributed by atoms with Gasteiger partial charge in [-0.1, -0.05) is 12.1 Å². The number of thiazole rings is 1. The molecule has 1 aromatic heterocycles. The van der Waals surface area contributed by atoms with Crippen LogP contribution in [0.5, 0.6) is 0 Å². The molecule has 0 radical (unpaired) electrons. The normalized spacial score (nSPS) is 18.1. The molecule has 0 atom stereocenters. The number of amides is 2. The highest BCUT2D eigenvalue weighted by Crippen LogP contribution is 2.28. The number of piperidine rings is 1. The lowest BCUT2D eigenvalue weighted by atomic mass is 9.99. The number of nitrogens with one attached hydrogen (secondary N) is 2. The Morgan fingerprint density at radius 1 is 1.33 bits per heavy atom. The average molecular weight is 385 g/mol. The Labute approximate surface area is 163 Å². The van der Waals surface area contributed by atoms with E-state index >= 15 is 0 Å². The van der Waals surface area contributed by atoms with Crippen LogP contribution in [0.1, 0.15) is 52.7 Å². The van der Waals surface area contributed by atoms with E-state index in [1.165, 1.54) is 0 Å². The molecule has 27 heavy (non-hydrogen) atoms. The lowest BCUT2D eigenvalue weighted by Crippen LogP contribution is -2.27. The fourth-order valence-electron chi connectivity index (χ4n) is 3.68.